The van der Waals surface area contributed by atoms with E-state index in [0.29, 0.717) is 17.1 Å². The van der Waals surface area contributed by atoms with Crippen LogP contribution in [0.25, 0.3) is 0 Å². The molecular formula is C19H18N4O4. The van der Waals surface area contributed by atoms with Crippen molar-refractivity contribution >= 4 is 5.90 Å². The molecule has 1 aromatic carbocycles. The lowest BCUT2D eigenvalue weighted by molar-refractivity contribution is -0.269. The fraction of sp³-hybridized carbons (Fsp3) is 0.474. The van der Waals surface area contributed by atoms with Crippen LogP contribution in [0.5, 0.6) is 11.5 Å². The van der Waals surface area contributed by atoms with Gasteiger partial charge in [0.05, 0.1) is 38.3 Å². The van der Waals surface area contributed by atoms with Gasteiger partial charge in [-0.25, -0.2) is 0 Å². The first kappa shape index (κ1) is 18.5. The number of rotatable bonds is 3. The summed E-state index contributed by atoms with van der Waals surface area (Å²) >= 11 is 0. The molecule has 2 saturated heterocycles. The number of nitrogens with one attached hydrogen (secondary N) is 1. The van der Waals surface area contributed by atoms with Crippen molar-refractivity contribution in [2.24, 2.45) is 16.7 Å². The molecule has 2 aliphatic heterocycles. The van der Waals surface area contributed by atoms with Crippen molar-refractivity contribution in [3.8, 4) is 29.7 Å². The molecule has 0 aromatic heterocycles. The van der Waals surface area contributed by atoms with E-state index in [4.69, 9.17) is 24.4 Å². The highest BCUT2D eigenvalue weighted by Gasteiger charge is 2.78. The van der Waals surface area contributed by atoms with E-state index in [1.165, 1.54) is 14.2 Å². The van der Waals surface area contributed by atoms with Crippen LogP contribution in [0, 0.1) is 56.2 Å². The van der Waals surface area contributed by atoms with Gasteiger partial charge in [0.25, 0.3) is 0 Å². The van der Waals surface area contributed by atoms with E-state index in [1.807, 2.05) is 18.2 Å². The van der Waals surface area contributed by atoms with Gasteiger partial charge in [0.2, 0.25) is 17.1 Å². The van der Waals surface area contributed by atoms with E-state index in [0.717, 1.165) is 0 Å². The van der Waals surface area contributed by atoms with Gasteiger partial charge in [-0.3, -0.25) is 5.41 Å². The number of ether oxygens (including phenoxy) is 4. The Hall–Kier alpha value is -3.28. The Morgan fingerprint density at radius 1 is 1.11 bits per heavy atom. The summed E-state index contributed by atoms with van der Waals surface area (Å²) in [6.45, 7) is 3.25. The van der Waals surface area contributed by atoms with Crippen LogP contribution in [-0.4, -0.2) is 25.9 Å². The molecule has 27 heavy (non-hydrogen) atoms. The van der Waals surface area contributed by atoms with Crippen molar-refractivity contribution in [2.75, 3.05) is 14.2 Å². The van der Waals surface area contributed by atoms with Crippen molar-refractivity contribution in [2.45, 2.75) is 25.7 Å². The fourth-order valence-electron chi connectivity index (χ4n) is 4.03. The smallest absolute Gasteiger partial charge is 0.214 e. The fourth-order valence-corrected chi connectivity index (χ4v) is 4.03. The van der Waals surface area contributed by atoms with Crippen molar-refractivity contribution in [1.29, 1.82) is 21.2 Å². The molecule has 1 N–H and O–H groups in total. The molecule has 0 radical (unpaired) electrons. The van der Waals surface area contributed by atoms with Crippen LogP contribution >= 0.6 is 0 Å². The second-order valence-electron chi connectivity index (χ2n) is 6.73. The molecule has 2 bridgehead atoms. The lowest BCUT2D eigenvalue weighted by atomic mass is 9.54. The minimum absolute atomic E-state index is 0.368. The van der Waals surface area contributed by atoms with Crippen molar-refractivity contribution in [3.63, 3.8) is 0 Å². The molecule has 8 heteroatoms. The van der Waals surface area contributed by atoms with E-state index < -0.39 is 34.5 Å². The molecule has 2 heterocycles. The topological polar surface area (TPSA) is 132 Å². The SMILES string of the molecule is COc1ccc(OC)c([C@@H]2O[C@@]3(C)OC(=N)[C@@](C#N)([C@H]3C)C2(C#N)C#N)c1. The van der Waals surface area contributed by atoms with Crippen LogP contribution in [0.4, 0.5) is 0 Å². The van der Waals surface area contributed by atoms with Crippen LogP contribution in [-0.2, 0) is 9.47 Å². The zero-order valence-electron chi connectivity index (χ0n) is 15.4. The van der Waals surface area contributed by atoms with Crippen molar-refractivity contribution < 1.29 is 18.9 Å². The van der Waals surface area contributed by atoms with Gasteiger partial charge in [-0.2, -0.15) is 15.8 Å². The summed E-state index contributed by atoms with van der Waals surface area (Å²) in [5, 5.41) is 38.5. The second kappa shape index (κ2) is 5.87. The number of nitrogens with zero attached hydrogens (tertiary/aromatic N) is 3. The first-order valence-corrected chi connectivity index (χ1v) is 8.21. The zero-order chi connectivity index (χ0) is 20.0. The number of fused-ring (bicyclic) bond motifs is 2. The van der Waals surface area contributed by atoms with Crippen LogP contribution < -0.4 is 9.47 Å². The van der Waals surface area contributed by atoms with E-state index in [9.17, 15) is 15.8 Å². The lowest BCUT2D eigenvalue weighted by Gasteiger charge is -2.47. The van der Waals surface area contributed by atoms with E-state index in [-0.39, 0.29) is 0 Å². The second-order valence-corrected chi connectivity index (χ2v) is 6.73. The molecule has 2 fully saturated rings. The normalized spacial score (nSPS) is 33.1. The summed E-state index contributed by atoms with van der Waals surface area (Å²) in [6, 6.07) is 10.9. The van der Waals surface area contributed by atoms with E-state index in [1.54, 1.807) is 32.0 Å². The molecule has 138 valence electrons. The molecule has 1 aromatic rings. The maximum atomic E-state index is 10.1. The van der Waals surface area contributed by atoms with Crippen molar-refractivity contribution in [3.05, 3.63) is 23.8 Å². The Balaban J connectivity index is 2.36. The van der Waals surface area contributed by atoms with E-state index in [2.05, 4.69) is 0 Å². The molecule has 4 atom stereocenters. The maximum absolute atomic E-state index is 10.1. The molecule has 0 amide bonds. The van der Waals surface area contributed by atoms with Crippen LogP contribution in [0.15, 0.2) is 18.2 Å². The van der Waals surface area contributed by atoms with Crippen LogP contribution in [0.2, 0.25) is 0 Å². The summed E-state index contributed by atoms with van der Waals surface area (Å²) in [5.41, 5.74) is -3.44. The molecule has 3 rings (SSSR count). The molecule has 0 saturated carbocycles. The van der Waals surface area contributed by atoms with Crippen LogP contribution in [0.3, 0.4) is 0 Å². The lowest BCUT2D eigenvalue weighted by Crippen LogP contribution is -2.57. The molecule has 0 aliphatic carbocycles. The largest absolute Gasteiger partial charge is 0.497 e. The Bertz CT molecular complexity index is 926. The monoisotopic (exact) mass is 366 g/mol. The quantitative estimate of drug-likeness (QED) is 0.869. The zero-order valence-corrected chi connectivity index (χ0v) is 15.4. The first-order valence-electron chi connectivity index (χ1n) is 8.21. The van der Waals surface area contributed by atoms with Gasteiger partial charge in [0, 0.05) is 12.5 Å². The summed E-state index contributed by atoms with van der Waals surface area (Å²) in [7, 11) is 2.93. The average molecular weight is 366 g/mol. The molecule has 2 aliphatic rings. The minimum atomic E-state index is -2.02. The Morgan fingerprint density at radius 2 is 1.78 bits per heavy atom. The number of hydrogen-bond donors (Lipinski definition) is 1. The van der Waals surface area contributed by atoms with Gasteiger partial charge in [-0.05, 0) is 18.2 Å². The highest BCUT2D eigenvalue weighted by atomic mass is 16.7. The third kappa shape index (κ3) is 2.01. The standard InChI is InChI=1S/C19H18N4O4/c1-11-17(2)26-15(13-7-12(24-3)5-6-14(13)25-4)18(8-20,9-21)19(11,10-22)16(23)27-17/h5-7,11,15,23H,1-4H3/t11-,15-,17-,19+/m0/s1. The Labute approximate surface area is 156 Å². The third-order valence-electron chi connectivity index (χ3n) is 5.71. The van der Waals surface area contributed by atoms with Gasteiger partial charge in [0.15, 0.2) is 5.41 Å². The number of methoxy groups -OCH3 is 2. The average Bonchev–Trinajstić information content (AvgIpc) is 2.82. The predicted octanol–water partition coefficient (Wildman–Crippen LogP) is 2.68. The molecule has 0 unspecified atom stereocenters. The van der Waals surface area contributed by atoms with Gasteiger partial charge < -0.3 is 18.9 Å². The maximum Gasteiger partial charge on any atom is 0.214 e. The summed E-state index contributed by atoms with van der Waals surface area (Å²) in [4.78, 5) is 0. The van der Waals surface area contributed by atoms with Crippen LogP contribution in [0.1, 0.15) is 25.5 Å². The summed E-state index contributed by atoms with van der Waals surface area (Å²) < 4.78 is 22.3. The van der Waals surface area contributed by atoms with Gasteiger partial charge in [0.1, 0.15) is 17.6 Å². The van der Waals surface area contributed by atoms with Gasteiger partial charge >= 0.3 is 0 Å². The number of benzene rings is 1. The Kier molecular flexibility index (Phi) is 4.03. The highest BCUT2D eigenvalue weighted by molar-refractivity contribution is 5.89. The van der Waals surface area contributed by atoms with Gasteiger partial charge in [-0.1, -0.05) is 6.92 Å². The molecule has 0 spiro atoms. The third-order valence-corrected chi connectivity index (χ3v) is 5.71. The Morgan fingerprint density at radius 3 is 2.30 bits per heavy atom. The number of hydrogen-bond acceptors (Lipinski definition) is 8. The van der Waals surface area contributed by atoms with Crippen molar-refractivity contribution in [1.82, 2.24) is 0 Å². The summed E-state index contributed by atoms with van der Waals surface area (Å²) in [6.07, 6.45) is -1.19. The molecular weight excluding hydrogens is 348 g/mol. The number of nitriles is 3. The predicted molar refractivity (Wildman–Crippen MR) is 91.5 cm³/mol. The first-order chi connectivity index (χ1) is 12.8. The molecule has 8 nitrogen and oxygen atoms in total. The van der Waals surface area contributed by atoms with Gasteiger partial charge in [-0.15, -0.1) is 0 Å². The summed E-state index contributed by atoms with van der Waals surface area (Å²) in [5.74, 6) is -1.66. The minimum Gasteiger partial charge on any atom is -0.497 e. The van der Waals surface area contributed by atoms with E-state index >= 15 is 0 Å². The highest BCUT2D eigenvalue weighted by Crippen LogP contribution is 2.66.